The van der Waals surface area contributed by atoms with Gasteiger partial charge in [0.25, 0.3) is 0 Å². The standard InChI is InChI=1S/C21H31N3O3S/c1-3-4-5-7-13-19(26)22-14-8-6-9-15-27-17-11-10-12-18-20(17)24-21(28-18)23-16(2)25/h10-12H,3-9,13-15H2,1-2H3,(H,22,26)(H,23,24,25). The lowest BCUT2D eigenvalue weighted by molar-refractivity contribution is -0.121. The third-order valence-corrected chi connectivity index (χ3v) is 5.26. The number of para-hydroxylation sites is 1. The van der Waals surface area contributed by atoms with Crippen molar-refractivity contribution in [3.63, 3.8) is 0 Å². The summed E-state index contributed by atoms with van der Waals surface area (Å²) in [6.07, 6.45) is 8.04. The van der Waals surface area contributed by atoms with Crippen LogP contribution in [0.2, 0.25) is 0 Å². The highest BCUT2D eigenvalue weighted by molar-refractivity contribution is 7.22. The Morgan fingerprint density at radius 3 is 2.71 bits per heavy atom. The van der Waals surface area contributed by atoms with E-state index in [9.17, 15) is 9.59 Å². The number of nitrogens with zero attached hydrogens (tertiary/aromatic N) is 1. The van der Waals surface area contributed by atoms with Gasteiger partial charge in [0.2, 0.25) is 11.8 Å². The Labute approximate surface area is 171 Å². The number of thiazole rings is 1. The van der Waals surface area contributed by atoms with Gasteiger partial charge in [-0.15, -0.1) is 0 Å². The number of unbranched alkanes of at least 4 members (excludes halogenated alkanes) is 5. The largest absolute Gasteiger partial charge is 0.491 e. The minimum atomic E-state index is -0.130. The number of carbonyl (C=O) groups is 2. The highest BCUT2D eigenvalue weighted by atomic mass is 32.1. The van der Waals surface area contributed by atoms with Crippen LogP contribution in [-0.4, -0.2) is 29.9 Å². The maximum absolute atomic E-state index is 11.7. The van der Waals surface area contributed by atoms with Gasteiger partial charge in [-0.2, -0.15) is 0 Å². The maximum atomic E-state index is 11.7. The zero-order valence-corrected chi connectivity index (χ0v) is 17.7. The van der Waals surface area contributed by atoms with Crippen molar-refractivity contribution in [3.05, 3.63) is 18.2 Å². The summed E-state index contributed by atoms with van der Waals surface area (Å²) >= 11 is 1.44. The average Bonchev–Trinajstić information content (AvgIpc) is 3.06. The van der Waals surface area contributed by atoms with E-state index in [0.29, 0.717) is 18.2 Å². The van der Waals surface area contributed by atoms with Gasteiger partial charge in [0, 0.05) is 19.9 Å². The number of hydrogen-bond donors (Lipinski definition) is 2. The number of carbonyl (C=O) groups excluding carboxylic acids is 2. The summed E-state index contributed by atoms with van der Waals surface area (Å²) in [6.45, 7) is 4.98. The number of aromatic nitrogens is 1. The molecule has 0 saturated heterocycles. The molecule has 1 aromatic carbocycles. The van der Waals surface area contributed by atoms with Crippen LogP contribution in [-0.2, 0) is 9.59 Å². The van der Waals surface area contributed by atoms with Gasteiger partial charge in [-0.3, -0.25) is 9.59 Å². The Kier molecular flexibility index (Phi) is 9.76. The van der Waals surface area contributed by atoms with Crippen molar-refractivity contribution in [3.8, 4) is 5.75 Å². The second-order valence-corrected chi connectivity index (χ2v) is 7.90. The number of rotatable bonds is 13. The lowest BCUT2D eigenvalue weighted by atomic mass is 10.1. The Bertz CT molecular complexity index is 760. The molecule has 2 amide bonds. The van der Waals surface area contributed by atoms with E-state index in [1.165, 1.54) is 31.1 Å². The van der Waals surface area contributed by atoms with E-state index in [-0.39, 0.29) is 11.8 Å². The Morgan fingerprint density at radius 1 is 1.11 bits per heavy atom. The molecule has 0 fully saturated rings. The van der Waals surface area contributed by atoms with E-state index in [1.807, 2.05) is 18.2 Å². The van der Waals surface area contributed by atoms with Crippen LogP contribution < -0.4 is 15.4 Å². The summed E-state index contributed by atoms with van der Waals surface area (Å²) in [6, 6.07) is 5.80. The number of hydrogen-bond acceptors (Lipinski definition) is 5. The summed E-state index contributed by atoms with van der Waals surface area (Å²) in [4.78, 5) is 27.3. The van der Waals surface area contributed by atoms with Gasteiger partial charge in [0.05, 0.1) is 11.3 Å². The second-order valence-electron chi connectivity index (χ2n) is 6.87. The molecule has 0 aliphatic carbocycles. The van der Waals surface area contributed by atoms with Crippen molar-refractivity contribution >= 4 is 38.5 Å². The molecule has 0 atom stereocenters. The zero-order valence-electron chi connectivity index (χ0n) is 16.9. The summed E-state index contributed by atoms with van der Waals surface area (Å²) < 4.78 is 6.87. The summed E-state index contributed by atoms with van der Waals surface area (Å²) in [5.41, 5.74) is 0.784. The molecule has 0 aliphatic rings. The van der Waals surface area contributed by atoms with Crippen LogP contribution in [0.1, 0.15) is 65.2 Å². The van der Waals surface area contributed by atoms with Crippen molar-refractivity contribution in [2.75, 3.05) is 18.5 Å². The van der Waals surface area contributed by atoms with Crippen LogP contribution in [0.4, 0.5) is 5.13 Å². The fourth-order valence-electron chi connectivity index (χ4n) is 2.86. The van der Waals surface area contributed by atoms with Gasteiger partial charge in [0.15, 0.2) is 5.13 Å². The Balaban J connectivity index is 1.62. The summed E-state index contributed by atoms with van der Waals surface area (Å²) in [5.74, 6) is 0.776. The first-order valence-corrected chi connectivity index (χ1v) is 11.0. The quantitative estimate of drug-likeness (QED) is 0.465. The molecule has 2 N–H and O–H groups in total. The number of ether oxygens (including phenoxy) is 1. The third-order valence-electron chi connectivity index (χ3n) is 4.32. The van der Waals surface area contributed by atoms with Crippen molar-refractivity contribution in [1.29, 1.82) is 0 Å². The van der Waals surface area contributed by atoms with E-state index in [1.54, 1.807) is 0 Å². The van der Waals surface area contributed by atoms with Crippen molar-refractivity contribution in [2.45, 2.75) is 65.2 Å². The Morgan fingerprint density at radius 2 is 1.93 bits per heavy atom. The maximum Gasteiger partial charge on any atom is 0.223 e. The molecular weight excluding hydrogens is 374 g/mol. The Hall–Kier alpha value is -2.15. The molecule has 0 bridgehead atoms. The second kappa shape index (κ2) is 12.3. The highest BCUT2D eigenvalue weighted by Gasteiger charge is 2.10. The average molecular weight is 406 g/mol. The molecule has 1 aromatic heterocycles. The highest BCUT2D eigenvalue weighted by Crippen LogP contribution is 2.32. The monoisotopic (exact) mass is 405 g/mol. The first kappa shape index (κ1) is 22.1. The fourth-order valence-corrected chi connectivity index (χ4v) is 3.79. The van der Waals surface area contributed by atoms with E-state index in [0.717, 1.165) is 54.6 Å². The number of anilines is 1. The lowest BCUT2D eigenvalue weighted by Gasteiger charge is -2.07. The minimum absolute atomic E-state index is 0.130. The van der Waals surface area contributed by atoms with Crippen LogP contribution in [0, 0.1) is 0 Å². The van der Waals surface area contributed by atoms with Gasteiger partial charge in [-0.05, 0) is 37.8 Å². The third kappa shape index (κ3) is 7.84. The molecule has 28 heavy (non-hydrogen) atoms. The molecule has 7 heteroatoms. The van der Waals surface area contributed by atoms with E-state index in [2.05, 4.69) is 22.5 Å². The van der Waals surface area contributed by atoms with Gasteiger partial charge < -0.3 is 15.4 Å². The van der Waals surface area contributed by atoms with Crippen LogP contribution >= 0.6 is 11.3 Å². The first-order valence-electron chi connectivity index (χ1n) is 10.2. The smallest absolute Gasteiger partial charge is 0.223 e. The van der Waals surface area contributed by atoms with Crippen LogP contribution in [0.15, 0.2) is 18.2 Å². The van der Waals surface area contributed by atoms with Gasteiger partial charge in [0.1, 0.15) is 11.3 Å². The van der Waals surface area contributed by atoms with Crippen LogP contribution in [0.5, 0.6) is 5.75 Å². The minimum Gasteiger partial charge on any atom is -0.491 e. The van der Waals surface area contributed by atoms with Gasteiger partial charge in [-0.1, -0.05) is 43.6 Å². The molecule has 2 rings (SSSR count). The molecule has 6 nitrogen and oxygen atoms in total. The molecule has 154 valence electrons. The number of fused-ring (bicyclic) bond motifs is 1. The SMILES string of the molecule is CCCCCCC(=O)NCCCCCOc1cccc2sc(NC(C)=O)nc12. The van der Waals surface area contributed by atoms with E-state index in [4.69, 9.17) is 4.74 Å². The molecule has 0 radical (unpaired) electrons. The van der Waals surface area contributed by atoms with Gasteiger partial charge in [-0.25, -0.2) is 4.98 Å². The fraction of sp³-hybridized carbons (Fsp3) is 0.571. The summed E-state index contributed by atoms with van der Waals surface area (Å²) in [7, 11) is 0. The number of nitrogens with one attached hydrogen (secondary N) is 2. The van der Waals surface area contributed by atoms with Crippen LogP contribution in [0.3, 0.4) is 0 Å². The topological polar surface area (TPSA) is 80.3 Å². The molecule has 0 saturated carbocycles. The number of benzene rings is 1. The molecular formula is C21H31N3O3S. The molecule has 1 heterocycles. The van der Waals surface area contributed by atoms with Crippen LogP contribution in [0.25, 0.3) is 10.2 Å². The lowest BCUT2D eigenvalue weighted by Crippen LogP contribution is -2.24. The van der Waals surface area contributed by atoms with Crippen molar-refractivity contribution in [2.24, 2.45) is 0 Å². The summed E-state index contributed by atoms with van der Waals surface area (Å²) in [5, 5.41) is 6.29. The predicted octanol–water partition coefficient (Wildman–Crippen LogP) is 4.89. The predicted molar refractivity (Wildman–Crippen MR) is 115 cm³/mol. The normalized spacial score (nSPS) is 10.8. The molecule has 0 aliphatic heterocycles. The molecule has 2 aromatic rings. The van der Waals surface area contributed by atoms with E-state index >= 15 is 0 Å². The van der Waals surface area contributed by atoms with Crippen molar-refractivity contribution in [1.82, 2.24) is 10.3 Å². The van der Waals surface area contributed by atoms with Gasteiger partial charge >= 0.3 is 0 Å². The van der Waals surface area contributed by atoms with Crippen molar-refractivity contribution < 1.29 is 14.3 Å². The molecule has 0 unspecified atom stereocenters. The zero-order chi connectivity index (χ0) is 20.2. The number of amides is 2. The molecule has 0 spiro atoms. The first-order chi connectivity index (χ1) is 13.6. The van der Waals surface area contributed by atoms with E-state index < -0.39 is 0 Å².